The number of hydrogen-bond donors (Lipinski definition) is 0. The van der Waals surface area contributed by atoms with Crippen molar-refractivity contribution in [1.29, 1.82) is 0 Å². The molecule has 0 bridgehead atoms. The van der Waals surface area contributed by atoms with Crippen LogP contribution in [-0.4, -0.2) is 24.2 Å². The summed E-state index contributed by atoms with van der Waals surface area (Å²) in [4.78, 5) is 0. The van der Waals surface area contributed by atoms with E-state index in [0.29, 0.717) is 0 Å². The molecule has 0 saturated heterocycles. The van der Waals surface area contributed by atoms with Crippen molar-refractivity contribution in [2.24, 2.45) is 5.41 Å². The molecule has 0 spiro atoms. The van der Waals surface area contributed by atoms with Gasteiger partial charge in [0.05, 0.1) is 0 Å². The van der Waals surface area contributed by atoms with E-state index in [-0.39, 0.29) is 0 Å². The fourth-order valence-electron chi connectivity index (χ4n) is 2.35. The van der Waals surface area contributed by atoms with Crippen LogP contribution in [0.3, 0.4) is 0 Å². The van der Waals surface area contributed by atoms with Crippen molar-refractivity contribution in [2.45, 2.75) is 49.9 Å². The van der Waals surface area contributed by atoms with Crippen molar-refractivity contribution >= 4 is 0 Å². The third-order valence-corrected chi connectivity index (χ3v) is 3.37. The Bertz CT molecular complexity index is 302. The van der Waals surface area contributed by atoms with Crippen LogP contribution >= 0.6 is 0 Å². The average Bonchev–Trinajstić information content (AvgIpc) is 2.63. The molecule has 0 heterocycles. The smallest absolute Gasteiger partial charge is 0.195 e. The van der Waals surface area contributed by atoms with Gasteiger partial charge in [-0.25, -0.2) is 0 Å². The largest absolute Gasteiger partial charge is 0.454 e. The summed E-state index contributed by atoms with van der Waals surface area (Å²) in [5.74, 6) is -12.2. The molecular weight excluding hydrogens is 298 g/mol. The van der Waals surface area contributed by atoms with Crippen LogP contribution in [-0.2, 0) is 0 Å². The molecule has 0 aromatic heterocycles. The van der Waals surface area contributed by atoms with E-state index in [0.717, 1.165) is 0 Å². The van der Waals surface area contributed by atoms with Crippen LogP contribution < -0.4 is 0 Å². The van der Waals surface area contributed by atoms with E-state index in [2.05, 4.69) is 0 Å². The molecule has 0 aromatic carbocycles. The summed E-state index contributed by atoms with van der Waals surface area (Å²) in [6.45, 7) is 0. The third kappa shape index (κ3) is 2.06. The molecule has 1 aliphatic rings. The Morgan fingerprint density at radius 2 is 0.789 bits per heavy atom. The normalized spacial score (nSPS) is 21.8. The Balaban J connectivity index is 3.43. The maximum atomic E-state index is 13.2. The molecular formula is C9H8F10. The van der Waals surface area contributed by atoms with Crippen LogP contribution in [0.1, 0.15) is 25.7 Å². The molecule has 1 aliphatic carbocycles. The van der Waals surface area contributed by atoms with Gasteiger partial charge >= 0.3 is 24.2 Å². The minimum absolute atomic E-state index is 0.544. The lowest BCUT2D eigenvalue weighted by Gasteiger charge is -2.43. The lowest BCUT2D eigenvalue weighted by Crippen LogP contribution is -2.63. The van der Waals surface area contributed by atoms with Gasteiger partial charge in [0, 0.05) is 0 Å². The Hall–Kier alpha value is -0.700. The fourth-order valence-corrected chi connectivity index (χ4v) is 2.35. The lowest BCUT2D eigenvalue weighted by molar-refractivity contribution is -0.407. The maximum Gasteiger partial charge on any atom is 0.454 e. The quantitative estimate of drug-likeness (QED) is 0.634. The zero-order valence-corrected chi connectivity index (χ0v) is 9.11. The minimum Gasteiger partial charge on any atom is -0.195 e. The Labute approximate surface area is 100 Å². The van der Waals surface area contributed by atoms with Gasteiger partial charge in [-0.15, -0.1) is 0 Å². The molecule has 1 rings (SSSR count). The monoisotopic (exact) mass is 306 g/mol. The Morgan fingerprint density at radius 1 is 0.526 bits per heavy atom. The van der Waals surface area contributed by atoms with Gasteiger partial charge in [0.2, 0.25) is 0 Å². The number of alkyl halides is 10. The molecule has 0 N–H and O–H groups in total. The van der Waals surface area contributed by atoms with E-state index >= 15 is 0 Å². The molecule has 0 aliphatic heterocycles. The van der Waals surface area contributed by atoms with Crippen LogP contribution in [0.25, 0.3) is 0 Å². The van der Waals surface area contributed by atoms with Gasteiger partial charge in [0.15, 0.2) is 0 Å². The predicted octanol–water partition coefficient (Wildman–Crippen LogP) is 4.94. The van der Waals surface area contributed by atoms with Crippen LogP contribution in [0.15, 0.2) is 0 Å². The highest BCUT2D eigenvalue weighted by Gasteiger charge is 2.84. The Kier molecular flexibility index (Phi) is 3.57. The van der Waals surface area contributed by atoms with Gasteiger partial charge in [0.25, 0.3) is 0 Å². The van der Waals surface area contributed by atoms with E-state index in [1.165, 1.54) is 0 Å². The van der Waals surface area contributed by atoms with E-state index < -0.39 is 55.3 Å². The molecule has 0 nitrogen and oxygen atoms in total. The van der Waals surface area contributed by atoms with Crippen LogP contribution in [0.4, 0.5) is 43.9 Å². The summed E-state index contributed by atoms with van der Waals surface area (Å²) >= 11 is 0. The summed E-state index contributed by atoms with van der Waals surface area (Å²) in [5.41, 5.74) is -4.46. The second-order valence-corrected chi connectivity index (χ2v) is 4.43. The minimum atomic E-state index is -6.47. The van der Waals surface area contributed by atoms with E-state index in [4.69, 9.17) is 0 Å². The number of rotatable bonds is 2. The van der Waals surface area contributed by atoms with E-state index in [1.54, 1.807) is 0 Å². The first kappa shape index (κ1) is 16.4. The third-order valence-electron chi connectivity index (χ3n) is 3.37. The molecule has 114 valence electrons. The molecule has 19 heavy (non-hydrogen) atoms. The van der Waals surface area contributed by atoms with Gasteiger partial charge in [-0.2, -0.15) is 43.9 Å². The molecule has 1 fully saturated rings. The predicted molar refractivity (Wildman–Crippen MR) is 42.9 cm³/mol. The molecule has 10 heteroatoms. The van der Waals surface area contributed by atoms with E-state index in [9.17, 15) is 43.9 Å². The summed E-state index contributed by atoms with van der Waals surface area (Å²) in [6.07, 6.45) is -17.1. The lowest BCUT2D eigenvalue weighted by atomic mass is 9.72. The van der Waals surface area contributed by atoms with Gasteiger partial charge in [-0.1, -0.05) is 12.8 Å². The highest BCUT2D eigenvalue weighted by Crippen LogP contribution is 2.66. The molecule has 0 unspecified atom stereocenters. The van der Waals surface area contributed by atoms with Crippen LogP contribution in [0.5, 0.6) is 0 Å². The first-order valence-electron chi connectivity index (χ1n) is 5.10. The molecule has 0 aromatic rings. The second kappa shape index (κ2) is 4.15. The second-order valence-electron chi connectivity index (χ2n) is 4.43. The van der Waals surface area contributed by atoms with Crippen molar-refractivity contribution in [3.05, 3.63) is 0 Å². The molecule has 0 amide bonds. The summed E-state index contributed by atoms with van der Waals surface area (Å²) < 4.78 is 126. The van der Waals surface area contributed by atoms with Gasteiger partial charge in [-0.3, -0.25) is 0 Å². The van der Waals surface area contributed by atoms with E-state index in [1.807, 2.05) is 0 Å². The van der Waals surface area contributed by atoms with Gasteiger partial charge < -0.3 is 0 Å². The van der Waals surface area contributed by atoms with Crippen molar-refractivity contribution in [3.8, 4) is 0 Å². The van der Waals surface area contributed by atoms with Gasteiger partial charge in [-0.05, 0) is 12.8 Å². The molecule has 0 atom stereocenters. The average molecular weight is 306 g/mol. The summed E-state index contributed by atoms with van der Waals surface area (Å²) in [6, 6.07) is 0. The molecule has 1 saturated carbocycles. The van der Waals surface area contributed by atoms with Crippen molar-refractivity contribution in [2.75, 3.05) is 0 Å². The molecule has 0 radical (unpaired) electrons. The van der Waals surface area contributed by atoms with Crippen LogP contribution in [0, 0.1) is 5.41 Å². The van der Waals surface area contributed by atoms with Crippen molar-refractivity contribution in [3.63, 3.8) is 0 Å². The maximum absolute atomic E-state index is 13.2. The zero-order valence-electron chi connectivity index (χ0n) is 9.11. The summed E-state index contributed by atoms with van der Waals surface area (Å²) in [7, 11) is 0. The first-order chi connectivity index (χ1) is 8.21. The summed E-state index contributed by atoms with van der Waals surface area (Å²) in [5, 5.41) is 0. The topological polar surface area (TPSA) is 0 Å². The van der Waals surface area contributed by atoms with Gasteiger partial charge in [0.1, 0.15) is 5.41 Å². The van der Waals surface area contributed by atoms with Crippen molar-refractivity contribution in [1.82, 2.24) is 0 Å². The fraction of sp³-hybridized carbons (Fsp3) is 1.00. The number of halogens is 10. The SMILES string of the molecule is FC(F)(F)C(F)(F)C1(C(F)(F)C(F)(F)F)CCCC1. The number of hydrogen-bond acceptors (Lipinski definition) is 0. The highest BCUT2D eigenvalue weighted by molar-refractivity contribution is 5.10. The van der Waals surface area contributed by atoms with Crippen LogP contribution in [0.2, 0.25) is 0 Å². The zero-order chi connectivity index (χ0) is 15.3. The Morgan fingerprint density at radius 3 is 1.00 bits per heavy atom. The standard InChI is InChI=1S/C9H8F10/c10-6(11,8(14,15)16)5(3-1-2-4-5)7(12,13)9(17,18)19/h1-4H2. The highest BCUT2D eigenvalue weighted by atomic mass is 19.4. The first-order valence-corrected chi connectivity index (χ1v) is 5.10. The van der Waals surface area contributed by atoms with Crippen molar-refractivity contribution < 1.29 is 43.9 Å².